The average Bonchev–Trinajstić information content (AvgIpc) is 2.17. The van der Waals surface area contributed by atoms with Gasteiger partial charge in [-0.15, -0.1) is 6.58 Å². The van der Waals surface area contributed by atoms with E-state index >= 15 is 0 Å². The molecule has 0 bridgehead atoms. The Balaban J connectivity index is 2.62. The topological polar surface area (TPSA) is 24.9 Å². The molecule has 14 heavy (non-hydrogen) atoms. The zero-order valence-electron chi connectivity index (χ0n) is 8.55. The summed E-state index contributed by atoms with van der Waals surface area (Å²) in [4.78, 5) is 3.92. The van der Waals surface area contributed by atoms with Crippen LogP contribution in [-0.2, 0) is 0 Å². The maximum atomic E-state index is 5.95. The fourth-order valence-corrected chi connectivity index (χ4v) is 1.10. The van der Waals surface area contributed by atoms with Crippen molar-refractivity contribution in [3.8, 4) is 0 Å². The standard InChI is InChI=1S/C11H15ClN2/c1-4-11(2,3)8-14-10-5-6-13-7-9(10)12/h4-7H,1,8H2,2-3H3,(H,13,14). The number of aromatic nitrogens is 1. The van der Waals surface area contributed by atoms with Gasteiger partial charge in [0.25, 0.3) is 0 Å². The van der Waals surface area contributed by atoms with Gasteiger partial charge in [0, 0.05) is 18.9 Å². The number of rotatable bonds is 4. The Morgan fingerprint density at radius 3 is 2.93 bits per heavy atom. The normalized spacial score (nSPS) is 11.1. The number of pyridine rings is 1. The zero-order chi connectivity index (χ0) is 10.6. The summed E-state index contributed by atoms with van der Waals surface area (Å²) in [5.41, 5.74) is 0.976. The number of hydrogen-bond donors (Lipinski definition) is 1. The fourth-order valence-electron chi connectivity index (χ4n) is 0.914. The van der Waals surface area contributed by atoms with Crippen molar-refractivity contribution < 1.29 is 0 Å². The van der Waals surface area contributed by atoms with Gasteiger partial charge in [0.05, 0.1) is 10.7 Å². The maximum absolute atomic E-state index is 5.95. The van der Waals surface area contributed by atoms with Crippen LogP contribution in [0.3, 0.4) is 0 Å². The molecule has 1 heterocycles. The minimum atomic E-state index is 0.0621. The van der Waals surface area contributed by atoms with Crippen LogP contribution < -0.4 is 5.32 Å². The Morgan fingerprint density at radius 1 is 1.64 bits per heavy atom. The van der Waals surface area contributed by atoms with Gasteiger partial charge >= 0.3 is 0 Å². The van der Waals surface area contributed by atoms with Crippen molar-refractivity contribution in [3.63, 3.8) is 0 Å². The molecule has 76 valence electrons. The van der Waals surface area contributed by atoms with Gasteiger partial charge in [-0.2, -0.15) is 0 Å². The van der Waals surface area contributed by atoms with Crippen molar-refractivity contribution in [2.45, 2.75) is 13.8 Å². The predicted octanol–water partition coefficient (Wildman–Crippen LogP) is 3.36. The minimum Gasteiger partial charge on any atom is -0.383 e. The van der Waals surface area contributed by atoms with E-state index in [1.165, 1.54) is 0 Å². The van der Waals surface area contributed by atoms with Crippen molar-refractivity contribution in [2.75, 3.05) is 11.9 Å². The molecule has 2 nitrogen and oxygen atoms in total. The first-order valence-corrected chi connectivity index (χ1v) is 4.90. The Hall–Kier alpha value is -1.02. The van der Waals surface area contributed by atoms with Crippen LogP contribution in [0.1, 0.15) is 13.8 Å². The lowest BCUT2D eigenvalue weighted by Gasteiger charge is -2.21. The summed E-state index contributed by atoms with van der Waals surface area (Å²) in [5, 5.41) is 3.91. The monoisotopic (exact) mass is 210 g/mol. The fraction of sp³-hybridized carbons (Fsp3) is 0.364. The largest absolute Gasteiger partial charge is 0.383 e. The third-order valence-corrected chi connectivity index (χ3v) is 2.36. The number of hydrogen-bond acceptors (Lipinski definition) is 2. The highest BCUT2D eigenvalue weighted by atomic mass is 35.5. The van der Waals surface area contributed by atoms with E-state index < -0.39 is 0 Å². The maximum Gasteiger partial charge on any atom is 0.0820 e. The van der Waals surface area contributed by atoms with Crippen molar-refractivity contribution in [1.29, 1.82) is 0 Å². The smallest absolute Gasteiger partial charge is 0.0820 e. The Bertz CT molecular complexity index is 321. The number of nitrogens with zero attached hydrogens (tertiary/aromatic N) is 1. The molecular formula is C11H15ClN2. The van der Waals surface area contributed by atoms with Crippen molar-refractivity contribution in [3.05, 3.63) is 36.1 Å². The van der Waals surface area contributed by atoms with Gasteiger partial charge in [-0.1, -0.05) is 31.5 Å². The SMILES string of the molecule is C=CC(C)(C)CNc1ccncc1Cl. The Labute approximate surface area is 90.0 Å². The summed E-state index contributed by atoms with van der Waals surface area (Å²) in [6, 6.07) is 1.86. The van der Waals surface area contributed by atoms with Crippen LogP contribution in [0.5, 0.6) is 0 Å². The third kappa shape index (κ3) is 3.04. The number of anilines is 1. The quantitative estimate of drug-likeness (QED) is 0.771. The summed E-state index contributed by atoms with van der Waals surface area (Å²) in [6.45, 7) is 8.81. The molecule has 0 unspecified atom stereocenters. The van der Waals surface area contributed by atoms with Gasteiger partial charge in [-0.05, 0) is 11.5 Å². The lowest BCUT2D eigenvalue weighted by molar-refractivity contribution is 0.514. The van der Waals surface area contributed by atoms with Gasteiger partial charge in [0.15, 0.2) is 0 Å². The summed E-state index contributed by atoms with van der Waals surface area (Å²) in [5.74, 6) is 0. The summed E-state index contributed by atoms with van der Waals surface area (Å²) in [6.07, 6.45) is 5.27. The van der Waals surface area contributed by atoms with E-state index in [0.717, 1.165) is 12.2 Å². The second-order valence-electron chi connectivity index (χ2n) is 3.90. The predicted molar refractivity (Wildman–Crippen MR) is 61.7 cm³/mol. The first-order chi connectivity index (χ1) is 6.55. The van der Waals surface area contributed by atoms with Crippen LogP contribution in [-0.4, -0.2) is 11.5 Å². The zero-order valence-corrected chi connectivity index (χ0v) is 9.30. The molecule has 0 aliphatic rings. The molecular weight excluding hydrogens is 196 g/mol. The third-order valence-electron chi connectivity index (χ3n) is 2.06. The first-order valence-electron chi connectivity index (χ1n) is 4.52. The highest BCUT2D eigenvalue weighted by molar-refractivity contribution is 6.33. The molecule has 3 heteroatoms. The van der Waals surface area contributed by atoms with Crippen molar-refractivity contribution >= 4 is 17.3 Å². The molecule has 1 aromatic heterocycles. The van der Waals surface area contributed by atoms with E-state index in [2.05, 4.69) is 30.7 Å². The van der Waals surface area contributed by atoms with Crippen molar-refractivity contribution in [1.82, 2.24) is 4.98 Å². The van der Waals surface area contributed by atoms with Crippen LogP contribution in [0.2, 0.25) is 5.02 Å². The number of nitrogens with one attached hydrogen (secondary N) is 1. The van der Waals surface area contributed by atoms with Crippen LogP contribution in [0, 0.1) is 5.41 Å². The van der Waals surface area contributed by atoms with Crippen LogP contribution in [0.25, 0.3) is 0 Å². The van der Waals surface area contributed by atoms with E-state index in [1.807, 2.05) is 12.1 Å². The highest BCUT2D eigenvalue weighted by Gasteiger charge is 2.12. The van der Waals surface area contributed by atoms with Gasteiger partial charge in [0.1, 0.15) is 0 Å². The van der Waals surface area contributed by atoms with E-state index in [0.29, 0.717) is 5.02 Å². The molecule has 0 aliphatic carbocycles. The molecule has 1 aromatic rings. The van der Waals surface area contributed by atoms with Gasteiger partial charge < -0.3 is 5.32 Å². The van der Waals surface area contributed by atoms with E-state index in [4.69, 9.17) is 11.6 Å². The Morgan fingerprint density at radius 2 is 2.36 bits per heavy atom. The van der Waals surface area contributed by atoms with Gasteiger partial charge in [0.2, 0.25) is 0 Å². The summed E-state index contributed by atoms with van der Waals surface area (Å²) < 4.78 is 0. The lowest BCUT2D eigenvalue weighted by Crippen LogP contribution is -2.20. The Kier molecular flexibility index (Phi) is 3.53. The molecule has 0 aliphatic heterocycles. The minimum absolute atomic E-state index is 0.0621. The van der Waals surface area contributed by atoms with E-state index in [-0.39, 0.29) is 5.41 Å². The van der Waals surface area contributed by atoms with Crippen molar-refractivity contribution in [2.24, 2.45) is 5.41 Å². The molecule has 0 amide bonds. The molecule has 0 aromatic carbocycles. The molecule has 1 rings (SSSR count). The van der Waals surface area contributed by atoms with Gasteiger partial charge in [-0.3, -0.25) is 4.98 Å². The first kappa shape index (κ1) is 11.1. The summed E-state index contributed by atoms with van der Waals surface area (Å²) >= 11 is 5.95. The summed E-state index contributed by atoms with van der Waals surface area (Å²) in [7, 11) is 0. The van der Waals surface area contributed by atoms with E-state index in [1.54, 1.807) is 12.4 Å². The van der Waals surface area contributed by atoms with Gasteiger partial charge in [-0.25, -0.2) is 0 Å². The molecule has 0 spiro atoms. The number of halogens is 1. The molecule has 0 saturated carbocycles. The molecule has 0 saturated heterocycles. The second kappa shape index (κ2) is 4.47. The molecule has 0 radical (unpaired) electrons. The highest BCUT2D eigenvalue weighted by Crippen LogP contribution is 2.22. The van der Waals surface area contributed by atoms with Crippen LogP contribution >= 0.6 is 11.6 Å². The molecule has 0 atom stereocenters. The average molecular weight is 211 g/mol. The molecule has 1 N–H and O–H groups in total. The second-order valence-corrected chi connectivity index (χ2v) is 4.31. The lowest BCUT2D eigenvalue weighted by atomic mass is 9.94. The van der Waals surface area contributed by atoms with Crippen LogP contribution in [0.15, 0.2) is 31.1 Å². The van der Waals surface area contributed by atoms with Crippen LogP contribution in [0.4, 0.5) is 5.69 Å². The van der Waals surface area contributed by atoms with E-state index in [9.17, 15) is 0 Å². The molecule has 0 fully saturated rings.